The number of hydrogen-bond acceptors (Lipinski definition) is 0. The zero-order chi connectivity index (χ0) is 81.3. The summed E-state index contributed by atoms with van der Waals surface area (Å²) < 4.78 is 603. The third-order valence-corrected chi connectivity index (χ3v) is 18.1. The van der Waals surface area contributed by atoms with Crippen molar-refractivity contribution in [2.45, 2.75) is 122 Å². The molecule has 9 aromatic carbocycles. The van der Waals surface area contributed by atoms with Crippen molar-refractivity contribution in [2.75, 3.05) is 6.80 Å². The Morgan fingerprint density at radius 3 is 0.794 bits per heavy atom. The topological polar surface area (TPSA) is 4.44 Å². The second kappa shape index (κ2) is 29.0. The third kappa shape index (κ3) is 12.0. The number of alkyl halides is 12. The molecule has 0 aliphatic carbocycles. The Labute approximate surface area is 572 Å². The summed E-state index contributed by atoms with van der Waals surface area (Å²) in [5, 5.41) is -19.9. The van der Waals surface area contributed by atoms with Crippen LogP contribution in [0.15, 0.2) is 6.07 Å². The van der Waals surface area contributed by atoms with Crippen LogP contribution in [0.1, 0.15) is 94.5 Å². The maximum atomic E-state index is 18.1. The monoisotopic (exact) mass is 1600 g/mol. The Bertz CT molecular complexity index is 4650. The van der Waals surface area contributed by atoms with E-state index in [9.17, 15) is 65.9 Å². The Kier molecular flexibility index (Phi) is 22.8. The molecule has 0 radical (unpaired) electrons. The summed E-state index contributed by atoms with van der Waals surface area (Å²) in [7, 11) is 0. The smallest absolute Gasteiger partial charge is 0.207 e. The maximum absolute atomic E-state index is 18.1. The van der Waals surface area contributed by atoms with Gasteiger partial charge < -0.3 is 0 Å². The molecule has 0 fully saturated rings. The molecule has 0 amide bonds. The summed E-state index contributed by atoms with van der Waals surface area (Å²) in [6.07, 6.45) is -21.9. The van der Waals surface area contributed by atoms with E-state index in [2.05, 4.69) is 0 Å². The van der Waals surface area contributed by atoms with Gasteiger partial charge in [0, 0.05) is 12.5 Å². The summed E-state index contributed by atoms with van der Waals surface area (Å²) in [6.45, 7) is 1.00. The van der Waals surface area contributed by atoms with Gasteiger partial charge in [0.25, 0.3) is 0 Å². The summed E-state index contributed by atoms with van der Waals surface area (Å²) in [5.41, 5.74) is -25.7. The number of halogens is 39. The lowest BCUT2D eigenvalue weighted by Crippen LogP contribution is -3.17. The second-order valence-electron chi connectivity index (χ2n) is 23.6. The molecule has 41 heteroatoms. The van der Waals surface area contributed by atoms with Crippen molar-refractivity contribution < 1.29 is 176 Å². The van der Waals surface area contributed by atoms with Crippen LogP contribution in [0.25, 0.3) is 43.1 Å². The van der Waals surface area contributed by atoms with E-state index in [-0.39, 0.29) is 12.8 Å². The Balaban J connectivity index is 0.000000357. The van der Waals surface area contributed by atoms with Gasteiger partial charge >= 0.3 is 30.0 Å². The average molecular weight is 1600 g/mol. The van der Waals surface area contributed by atoms with Gasteiger partial charge in [0.2, 0.25) is 6.80 Å². The number of aryl methyl sites for hydroxylation is 4. The number of benzene rings is 9. The van der Waals surface area contributed by atoms with Crippen molar-refractivity contribution in [3.8, 4) is 0 Å². The van der Waals surface area contributed by atoms with Crippen LogP contribution in [0, 0.1) is 157 Å². The molecule has 0 spiro atoms. The SMILES string of the molecule is CCCCCCC(F)(F)C(F)(F)C(F)(F)[NH+](CF)c1cc(F)c(F)c(C(F)(F)C(F)(F)F)c1F.CCc1c(F)c(F)c(F)c2c(F)c(F)c(F)c([B-](c3c(F)c(F)c(F)c4c(F)c(F)c(F)c(CC)c34)(c3c(F)c(F)c(F)c4c(F)c(F)c(F)c(CC)c34)c3c(F)c(F)c(F)c4c(F)c(F)c(F)c(CC)c34)c12. The largest absolute Gasteiger partial charge is 0.466 e. The second-order valence-corrected chi connectivity index (χ2v) is 23.6. The van der Waals surface area contributed by atoms with Gasteiger partial charge in [0.1, 0.15) is 35.0 Å². The van der Waals surface area contributed by atoms with E-state index < -0.39 is 348 Å². The highest BCUT2D eigenvalue weighted by Gasteiger charge is 2.78. The normalized spacial score (nSPS) is 13.2. The van der Waals surface area contributed by atoms with E-state index in [1.807, 2.05) is 0 Å². The predicted molar refractivity (Wildman–Crippen MR) is 303 cm³/mol. The quantitative estimate of drug-likeness (QED) is 0.0206. The minimum Gasteiger partial charge on any atom is -0.207 e. The number of rotatable bonds is 19. The van der Waals surface area contributed by atoms with Gasteiger partial charge in [-0.1, -0.05) is 53.9 Å². The molecule has 9 aromatic rings. The van der Waals surface area contributed by atoms with E-state index in [1.165, 1.54) is 0 Å². The van der Waals surface area contributed by atoms with E-state index >= 15 is 105 Å². The fourth-order valence-corrected chi connectivity index (χ4v) is 13.3. The molecule has 9 rings (SSSR count). The molecule has 0 saturated carbocycles. The molecular weight excluding hydrogens is 1560 g/mol. The lowest BCUT2D eigenvalue weighted by atomic mass is 9.11. The number of nitrogens with one attached hydrogen (secondary N) is 1. The van der Waals surface area contributed by atoms with E-state index in [0.29, 0.717) is 34.1 Å². The molecule has 1 unspecified atom stereocenters. The molecule has 107 heavy (non-hydrogen) atoms. The van der Waals surface area contributed by atoms with Crippen LogP contribution in [-0.2, 0) is 31.6 Å². The minimum atomic E-state index is -7.12. The van der Waals surface area contributed by atoms with Gasteiger partial charge in [-0.05, 0) is 75.9 Å². The van der Waals surface area contributed by atoms with Crippen LogP contribution in [-0.4, -0.2) is 37.0 Å². The van der Waals surface area contributed by atoms with Crippen LogP contribution in [0.3, 0.4) is 0 Å². The van der Waals surface area contributed by atoms with Crippen molar-refractivity contribution in [3.05, 3.63) is 191 Å². The highest BCUT2D eigenvalue weighted by Crippen LogP contribution is 2.51. The Hall–Kier alpha value is -8.69. The maximum Gasteiger partial charge on any atom is 0.466 e. The molecule has 0 aliphatic heterocycles. The number of hydrogen-bond donors (Lipinski definition) is 1. The first-order chi connectivity index (χ1) is 49.4. The molecule has 0 aromatic heterocycles. The van der Waals surface area contributed by atoms with Gasteiger partial charge in [0.15, 0.2) is 139 Å². The van der Waals surface area contributed by atoms with Crippen LogP contribution < -0.4 is 26.8 Å². The van der Waals surface area contributed by atoms with Gasteiger partial charge in [-0.15, -0.1) is 30.6 Å². The zero-order valence-electron chi connectivity index (χ0n) is 53.5. The number of fused-ring (bicyclic) bond motifs is 4. The number of quaternary nitrogens is 1. The molecule has 0 aliphatic rings. The highest BCUT2D eigenvalue weighted by atomic mass is 19.4. The lowest BCUT2D eigenvalue weighted by Gasteiger charge is -2.48. The molecule has 0 bridgehead atoms. The van der Waals surface area contributed by atoms with Crippen LogP contribution >= 0.6 is 0 Å². The molecule has 1 N–H and O–H groups in total. The summed E-state index contributed by atoms with van der Waals surface area (Å²) in [6, 6.07) is -7.33. The van der Waals surface area contributed by atoms with E-state index in [1.54, 1.807) is 6.92 Å². The van der Waals surface area contributed by atoms with Crippen molar-refractivity contribution >= 4 is 76.8 Å². The minimum absolute atomic E-state index is 0.110. The highest BCUT2D eigenvalue weighted by molar-refractivity contribution is 7.23. The zero-order valence-corrected chi connectivity index (χ0v) is 53.5. The molecule has 0 heterocycles. The first-order valence-electron chi connectivity index (χ1n) is 30.3. The average Bonchev–Trinajstić information content (AvgIpc) is 0.656. The molecule has 1 nitrogen and oxygen atoms in total. The van der Waals surface area contributed by atoms with Crippen molar-refractivity contribution in [3.63, 3.8) is 0 Å². The molecule has 1 atom stereocenters. The van der Waals surface area contributed by atoms with Crippen LogP contribution in [0.2, 0.25) is 0 Å². The van der Waals surface area contributed by atoms with Gasteiger partial charge in [-0.3, -0.25) is 0 Å². The fourth-order valence-electron chi connectivity index (χ4n) is 13.3. The van der Waals surface area contributed by atoms with Gasteiger partial charge in [-0.2, -0.15) is 48.3 Å². The summed E-state index contributed by atoms with van der Waals surface area (Å²) >= 11 is 0. The van der Waals surface area contributed by atoms with Crippen molar-refractivity contribution in [2.24, 2.45) is 0 Å². The molecule has 0 saturated heterocycles. The fraction of sp³-hybridized carbons (Fsp3) is 0.303. The summed E-state index contributed by atoms with van der Waals surface area (Å²) in [4.78, 5) is -3.08. The first kappa shape index (κ1) is 83.9. The Morgan fingerprint density at radius 2 is 0.561 bits per heavy atom. The van der Waals surface area contributed by atoms with Crippen LogP contribution in [0.4, 0.5) is 177 Å². The lowest BCUT2D eigenvalue weighted by molar-refractivity contribution is -0.959. The Morgan fingerprint density at radius 1 is 0.299 bits per heavy atom. The van der Waals surface area contributed by atoms with Crippen molar-refractivity contribution in [1.29, 1.82) is 0 Å². The van der Waals surface area contributed by atoms with E-state index in [4.69, 9.17) is 0 Å². The van der Waals surface area contributed by atoms with Gasteiger partial charge in [0.05, 0.1) is 21.5 Å². The molecular formula is C66H37BF39N. The van der Waals surface area contributed by atoms with Crippen molar-refractivity contribution in [1.82, 2.24) is 0 Å². The van der Waals surface area contributed by atoms with E-state index in [0.717, 1.165) is 0 Å². The third-order valence-electron chi connectivity index (χ3n) is 18.1. The standard InChI is InChI=1S/C48H20BF24.C18H16F15N/c1-5-9-13-17(29(54)41(66)25(9)50)33(58)45(70)37(62)21(13)49(22-14-10(6-2)26(51)42(67)30(55)18(14)34(59)46(71)38(22)63,23-15-11(7-3)27(52)43(68)31(56)19(15)35(60)47(72)39(23)64)24-16-12(8-4)28(53)44(69)32(57)20(16)36(61)48(73)40(24)65;1-2-3-4-5-6-14(23,24)16(27,28)18(32,33)34(8-19)10-7-9(20)12(21)11(13(10)22)15(25,26)17(29,30)31/h5-8H2,1-4H3;7H,2-6,8H2,1H3/q-1;/p+1. The van der Waals surface area contributed by atoms with Gasteiger partial charge in [-0.25, -0.2) is 119 Å². The first-order valence-corrected chi connectivity index (χ1v) is 30.3. The molecule has 582 valence electrons. The summed E-state index contributed by atoms with van der Waals surface area (Å²) in [5.74, 6) is -103. The number of unbranched alkanes of at least 4 members (excludes halogenated alkanes) is 3. The van der Waals surface area contributed by atoms with Crippen LogP contribution in [0.5, 0.6) is 0 Å². The predicted octanol–water partition coefficient (Wildman–Crippen LogP) is 20.3.